The molecule has 4 fully saturated rings. The van der Waals surface area contributed by atoms with Gasteiger partial charge in [-0.15, -0.1) is 0 Å². The number of fused-ring (bicyclic) bond motifs is 5. The summed E-state index contributed by atoms with van der Waals surface area (Å²) in [5, 5.41) is 1.14. The van der Waals surface area contributed by atoms with Gasteiger partial charge >= 0.3 is 6.09 Å². The van der Waals surface area contributed by atoms with Gasteiger partial charge in [-0.05, 0) is 105 Å². The Labute approximate surface area is 202 Å². The second-order valence-corrected chi connectivity index (χ2v) is 12.5. The molecule has 0 aromatic heterocycles. The Morgan fingerprint density at radius 3 is 2.52 bits per heavy atom. The van der Waals surface area contributed by atoms with E-state index in [0.29, 0.717) is 23.4 Å². The van der Waals surface area contributed by atoms with Crippen molar-refractivity contribution in [2.75, 3.05) is 20.8 Å². The van der Waals surface area contributed by atoms with Crippen LogP contribution in [0, 0.1) is 40.4 Å². The molecule has 0 bridgehead atoms. The molecule has 0 saturated heterocycles. The third-order valence-corrected chi connectivity index (χ3v) is 11.5. The Hall–Kier alpha value is -0.810. The Morgan fingerprint density at radius 2 is 1.79 bits per heavy atom. The molecule has 0 aromatic carbocycles. The first kappa shape index (κ1) is 25.3. The van der Waals surface area contributed by atoms with Crippen LogP contribution in [0.4, 0.5) is 4.79 Å². The third kappa shape index (κ3) is 4.13. The van der Waals surface area contributed by atoms with Crippen LogP contribution in [0.15, 0.2) is 0 Å². The predicted molar refractivity (Wildman–Crippen MR) is 132 cm³/mol. The molecule has 190 valence electrons. The summed E-state index contributed by atoms with van der Waals surface area (Å²) in [6.07, 6.45) is 16.5. The summed E-state index contributed by atoms with van der Waals surface area (Å²) in [6, 6.07) is 0. The van der Waals surface area contributed by atoms with Crippen molar-refractivity contribution in [3.05, 3.63) is 0 Å². The highest BCUT2D eigenvalue weighted by Gasteiger charge is 2.65. The Balaban J connectivity index is 1.38. The topological polar surface area (TPSA) is 64.8 Å². The number of hydrogen-bond acceptors (Lipinski definition) is 4. The average Bonchev–Trinajstić information content (AvgIpc) is 3.14. The summed E-state index contributed by atoms with van der Waals surface area (Å²) in [7, 11) is 3.05. The van der Waals surface area contributed by atoms with Gasteiger partial charge in [0.05, 0.1) is 13.7 Å². The maximum Gasteiger partial charge on any atom is 0.433 e. The molecular weight excluding hydrogens is 412 g/mol. The molecule has 1 amide bonds. The minimum Gasteiger partial charge on any atom is -0.448 e. The number of unbranched alkanes of at least 4 members (excludes halogenated alkanes) is 1. The molecule has 0 heterocycles. The number of amides is 1. The molecule has 4 aliphatic rings. The van der Waals surface area contributed by atoms with Gasteiger partial charge in [0, 0.05) is 12.6 Å². The van der Waals surface area contributed by atoms with Crippen LogP contribution in [0.25, 0.3) is 0 Å². The van der Waals surface area contributed by atoms with Crippen molar-refractivity contribution in [2.45, 2.75) is 110 Å². The summed E-state index contributed by atoms with van der Waals surface area (Å²) in [5.41, 5.74) is 8.26. The van der Waals surface area contributed by atoms with Crippen molar-refractivity contribution in [3.8, 4) is 0 Å². The fourth-order valence-corrected chi connectivity index (χ4v) is 9.51. The molecule has 6 unspecified atom stereocenters. The summed E-state index contributed by atoms with van der Waals surface area (Å²) in [4.78, 5) is 16.6. The number of nitrogens with zero attached hydrogens (tertiary/aromatic N) is 1. The number of hydrogen-bond donors (Lipinski definition) is 1. The lowest BCUT2D eigenvalue weighted by Crippen LogP contribution is -2.69. The van der Waals surface area contributed by atoms with Crippen LogP contribution >= 0.6 is 0 Å². The molecule has 5 nitrogen and oxygen atoms in total. The van der Waals surface area contributed by atoms with E-state index < -0.39 is 6.09 Å². The standard InChI is InChI=1S/C28H50N2O3/c1-6-20-19-22-23-13-12-21(11-7-10-18-33-25(31)30(4)32-5)26(23,2)17-14-24(22)27(3)15-8-9-16-28(20,27)29/h20-24H,6-19,29H2,1-5H3/t20-,21?,22?,23?,24-,26?,27?,28?/m0/s1. The first-order chi connectivity index (χ1) is 15.7. The lowest BCUT2D eigenvalue weighted by Gasteiger charge is -2.67. The minimum absolute atomic E-state index is 0.0707. The van der Waals surface area contributed by atoms with Crippen molar-refractivity contribution >= 4 is 6.09 Å². The van der Waals surface area contributed by atoms with Crippen molar-refractivity contribution in [2.24, 2.45) is 46.2 Å². The zero-order valence-corrected chi connectivity index (χ0v) is 22.0. The molecular formula is C28H50N2O3. The molecule has 4 aliphatic carbocycles. The second-order valence-electron chi connectivity index (χ2n) is 12.5. The molecule has 4 saturated carbocycles. The molecule has 8 atom stereocenters. The Morgan fingerprint density at radius 1 is 1.03 bits per heavy atom. The first-order valence-corrected chi connectivity index (χ1v) is 13.9. The van der Waals surface area contributed by atoms with E-state index in [0.717, 1.165) is 41.6 Å². The number of carbonyl (C=O) groups excluding carboxylic acids is 1. The average molecular weight is 463 g/mol. The fraction of sp³-hybridized carbons (Fsp3) is 0.964. The number of ether oxygens (including phenoxy) is 1. The van der Waals surface area contributed by atoms with Gasteiger partial charge in [0.15, 0.2) is 0 Å². The van der Waals surface area contributed by atoms with Crippen molar-refractivity contribution in [3.63, 3.8) is 0 Å². The summed E-state index contributed by atoms with van der Waals surface area (Å²) in [5.74, 6) is 4.12. The van der Waals surface area contributed by atoms with Crippen LogP contribution in [0.3, 0.4) is 0 Å². The van der Waals surface area contributed by atoms with E-state index in [4.69, 9.17) is 15.3 Å². The van der Waals surface area contributed by atoms with E-state index in [1.807, 2.05) is 0 Å². The normalized spacial score (nSPS) is 44.5. The zero-order chi connectivity index (χ0) is 23.9. The van der Waals surface area contributed by atoms with Gasteiger partial charge in [0.2, 0.25) is 0 Å². The van der Waals surface area contributed by atoms with Gasteiger partial charge in [0.1, 0.15) is 0 Å². The maximum atomic E-state index is 11.7. The van der Waals surface area contributed by atoms with E-state index in [1.165, 1.54) is 77.7 Å². The van der Waals surface area contributed by atoms with Gasteiger partial charge in [-0.1, -0.05) is 40.0 Å². The van der Waals surface area contributed by atoms with Crippen LogP contribution in [-0.2, 0) is 9.57 Å². The minimum atomic E-state index is -0.404. The Kier molecular flexibility index (Phi) is 7.42. The highest BCUT2D eigenvalue weighted by molar-refractivity contribution is 5.65. The molecule has 0 spiro atoms. The Bertz CT molecular complexity index is 701. The van der Waals surface area contributed by atoms with Crippen LogP contribution in [0.2, 0.25) is 0 Å². The molecule has 5 heteroatoms. The quantitative estimate of drug-likeness (QED) is 0.344. The van der Waals surface area contributed by atoms with Gasteiger partial charge in [-0.2, -0.15) is 5.06 Å². The summed E-state index contributed by atoms with van der Waals surface area (Å²) in [6.45, 7) is 8.11. The largest absolute Gasteiger partial charge is 0.448 e. The summed E-state index contributed by atoms with van der Waals surface area (Å²) >= 11 is 0. The number of carbonyl (C=O) groups is 1. The highest BCUT2D eigenvalue weighted by Crippen LogP contribution is 2.69. The van der Waals surface area contributed by atoms with Gasteiger partial charge in [-0.25, -0.2) is 4.79 Å². The van der Waals surface area contributed by atoms with E-state index in [-0.39, 0.29) is 5.54 Å². The van der Waals surface area contributed by atoms with E-state index in [1.54, 1.807) is 7.05 Å². The SMILES string of the molecule is CC[C@H]1CC2C3CCC(CCCCOC(=O)N(C)OC)C3(C)CC[C@@H]2C2(C)CCCCC12N. The lowest BCUT2D eigenvalue weighted by molar-refractivity contribution is -0.148. The number of nitrogens with two attached hydrogens (primary N) is 1. The molecule has 0 radical (unpaired) electrons. The summed E-state index contributed by atoms with van der Waals surface area (Å²) < 4.78 is 5.31. The second kappa shape index (κ2) is 9.68. The monoisotopic (exact) mass is 462 g/mol. The van der Waals surface area contributed by atoms with Crippen LogP contribution < -0.4 is 5.73 Å². The van der Waals surface area contributed by atoms with Crippen molar-refractivity contribution in [1.29, 1.82) is 0 Å². The highest BCUT2D eigenvalue weighted by atomic mass is 16.7. The predicted octanol–water partition coefficient (Wildman–Crippen LogP) is 6.55. The smallest absolute Gasteiger partial charge is 0.433 e. The van der Waals surface area contributed by atoms with Gasteiger partial charge < -0.3 is 10.5 Å². The van der Waals surface area contributed by atoms with Crippen LogP contribution in [0.1, 0.15) is 104 Å². The molecule has 0 aliphatic heterocycles. The van der Waals surface area contributed by atoms with Crippen molar-refractivity contribution < 1.29 is 14.4 Å². The molecule has 33 heavy (non-hydrogen) atoms. The van der Waals surface area contributed by atoms with E-state index >= 15 is 0 Å². The van der Waals surface area contributed by atoms with E-state index in [2.05, 4.69) is 20.8 Å². The zero-order valence-electron chi connectivity index (χ0n) is 22.0. The fourth-order valence-electron chi connectivity index (χ4n) is 9.51. The molecule has 0 aromatic rings. The van der Waals surface area contributed by atoms with Crippen LogP contribution in [-0.4, -0.2) is 37.5 Å². The number of hydroxylamine groups is 2. The lowest BCUT2D eigenvalue weighted by atomic mass is 9.40. The number of rotatable bonds is 7. The maximum absolute atomic E-state index is 11.7. The van der Waals surface area contributed by atoms with E-state index in [9.17, 15) is 4.79 Å². The molecule has 2 N–H and O–H groups in total. The first-order valence-electron chi connectivity index (χ1n) is 13.9. The van der Waals surface area contributed by atoms with Crippen LogP contribution in [0.5, 0.6) is 0 Å². The molecule has 4 rings (SSSR count). The third-order valence-electron chi connectivity index (χ3n) is 11.5. The van der Waals surface area contributed by atoms with Gasteiger partial charge in [0.25, 0.3) is 0 Å². The van der Waals surface area contributed by atoms with Gasteiger partial charge in [-0.3, -0.25) is 4.84 Å². The van der Waals surface area contributed by atoms with Crippen molar-refractivity contribution in [1.82, 2.24) is 5.06 Å².